The minimum Gasteiger partial charge on any atom is -0.399 e. The molecule has 3 aromatic carbocycles. The molecule has 0 amide bonds. The molecule has 0 spiro atoms. The van der Waals surface area contributed by atoms with E-state index in [9.17, 15) is 4.79 Å². The number of ketones is 1. The van der Waals surface area contributed by atoms with Crippen molar-refractivity contribution in [3.05, 3.63) is 89.0 Å². The molecule has 4 rings (SSSR count). The SMILES string of the molecule is Nc1cccc(C(=O)c2ccc3c(c2)Cc2ccccc2-3)c1. The number of fused-ring (bicyclic) bond motifs is 3. The van der Waals surface area contributed by atoms with Crippen molar-refractivity contribution < 1.29 is 4.79 Å². The highest BCUT2D eigenvalue weighted by Gasteiger charge is 2.19. The van der Waals surface area contributed by atoms with Crippen LogP contribution in [-0.2, 0) is 6.42 Å². The van der Waals surface area contributed by atoms with Gasteiger partial charge in [0.05, 0.1) is 0 Å². The van der Waals surface area contributed by atoms with Crippen molar-refractivity contribution in [2.24, 2.45) is 0 Å². The summed E-state index contributed by atoms with van der Waals surface area (Å²) in [6.45, 7) is 0. The Balaban J connectivity index is 1.74. The highest BCUT2D eigenvalue weighted by molar-refractivity contribution is 6.09. The third kappa shape index (κ3) is 2.01. The summed E-state index contributed by atoms with van der Waals surface area (Å²) in [6, 6.07) is 21.5. The topological polar surface area (TPSA) is 43.1 Å². The zero-order chi connectivity index (χ0) is 15.1. The molecule has 1 aliphatic rings. The van der Waals surface area contributed by atoms with Crippen LogP contribution in [0.4, 0.5) is 5.69 Å². The summed E-state index contributed by atoms with van der Waals surface area (Å²) in [4.78, 5) is 12.6. The molecule has 106 valence electrons. The van der Waals surface area contributed by atoms with Crippen LogP contribution in [-0.4, -0.2) is 5.78 Å². The molecule has 0 saturated carbocycles. The van der Waals surface area contributed by atoms with Gasteiger partial charge >= 0.3 is 0 Å². The third-order valence-electron chi connectivity index (χ3n) is 4.20. The van der Waals surface area contributed by atoms with Crippen molar-refractivity contribution in [2.75, 3.05) is 5.73 Å². The first kappa shape index (κ1) is 12.8. The standard InChI is InChI=1S/C20H15NO/c21-17-6-3-5-14(12-17)20(22)15-8-9-19-16(11-15)10-13-4-1-2-7-18(13)19/h1-9,11-12H,10,21H2. The molecule has 3 aromatic rings. The summed E-state index contributed by atoms with van der Waals surface area (Å²) in [6.07, 6.45) is 0.892. The predicted octanol–water partition coefficient (Wildman–Crippen LogP) is 4.07. The Morgan fingerprint density at radius 2 is 1.55 bits per heavy atom. The second-order valence-electron chi connectivity index (χ2n) is 5.66. The fraction of sp³-hybridized carbons (Fsp3) is 0.0500. The van der Waals surface area contributed by atoms with E-state index in [0.717, 1.165) is 12.0 Å². The van der Waals surface area contributed by atoms with E-state index in [1.54, 1.807) is 18.2 Å². The average Bonchev–Trinajstić information content (AvgIpc) is 2.91. The Morgan fingerprint density at radius 1 is 0.773 bits per heavy atom. The van der Waals surface area contributed by atoms with Gasteiger partial charge in [-0.25, -0.2) is 0 Å². The summed E-state index contributed by atoms with van der Waals surface area (Å²) < 4.78 is 0. The lowest BCUT2D eigenvalue weighted by Gasteiger charge is -2.06. The van der Waals surface area contributed by atoms with E-state index >= 15 is 0 Å². The summed E-state index contributed by atoms with van der Waals surface area (Å²) in [5.74, 6) is 0.0195. The Morgan fingerprint density at radius 3 is 2.41 bits per heavy atom. The molecule has 0 fully saturated rings. The highest BCUT2D eigenvalue weighted by Crippen LogP contribution is 2.36. The first-order chi connectivity index (χ1) is 10.7. The molecule has 0 radical (unpaired) electrons. The number of benzene rings is 3. The fourth-order valence-corrected chi connectivity index (χ4v) is 3.13. The third-order valence-corrected chi connectivity index (χ3v) is 4.20. The fourth-order valence-electron chi connectivity index (χ4n) is 3.13. The van der Waals surface area contributed by atoms with E-state index in [1.165, 1.54) is 22.3 Å². The van der Waals surface area contributed by atoms with Gasteiger partial charge in [-0.05, 0) is 46.9 Å². The lowest BCUT2D eigenvalue weighted by Crippen LogP contribution is -2.02. The van der Waals surface area contributed by atoms with Crippen LogP contribution >= 0.6 is 0 Å². The molecule has 22 heavy (non-hydrogen) atoms. The number of carbonyl (C=O) groups is 1. The largest absolute Gasteiger partial charge is 0.399 e. The second-order valence-corrected chi connectivity index (χ2v) is 5.66. The van der Waals surface area contributed by atoms with Crippen LogP contribution in [0.3, 0.4) is 0 Å². The molecule has 0 heterocycles. The maximum atomic E-state index is 12.6. The van der Waals surface area contributed by atoms with E-state index in [1.807, 2.05) is 18.2 Å². The van der Waals surface area contributed by atoms with Gasteiger partial charge in [-0.15, -0.1) is 0 Å². The van der Waals surface area contributed by atoms with Crippen molar-refractivity contribution >= 4 is 11.5 Å². The monoisotopic (exact) mass is 285 g/mol. The minimum atomic E-state index is 0.0195. The lowest BCUT2D eigenvalue weighted by molar-refractivity contribution is 0.103. The number of hydrogen-bond donors (Lipinski definition) is 1. The van der Waals surface area contributed by atoms with Crippen LogP contribution in [0.1, 0.15) is 27.0 Å². The van der Waals surface area contributed by atoms with Gasteiger partial charge in [0.25, 0.3) is 0 Å². The molecule has 0 aromatic heterocycles. The Hall–Kier alpha value is -2.87. The average molecular weight is 285 g/mol. The highest BCUT2D eigenvalue weighted by atomic mass is 16.1. The predicted molar refractivity (Wildman–Crippen MR) is 89.0 cm³/mol. The summed E-state index contributed by atoms with van der Waals surface area (Å²) >= 11 is 0. The number of hydrogen-bond acceptors (Lipinski definition) is 2. The quantitative estimate of drug-likeness (QED) is 0.445. The van der Waals surface area contributed by atoms with Gasteiger partial charge in [-0.3, -0.25) is 4.79 Å². The van der Waals surface area contributed by atoms with Crippen LogP contribution in [0.5, 0.6) is 0 Å². The molecule has 2 N–H and O–H groups in total. The lowest BCUT2D eigenvalue weighted by atomic mass is 9.98. The molecule has 1 aliphatic carbocycles. The number of rotatable bonds is 2. The van der Waals surface area contributed by atoms with Crippen molar-refractivity contribution in [3.63, 3.8) is 0 Å². The maximum absolute atomic E-state index is 12.6. The molecular formula is C20H15NO. The van der Waals surface area contributed by atoms with Gasteiger partial charge in [0, 0.05) is 16.8 Å². The first-order valence-electron chi connectivity index (χ1n) is 7.34. The molecule has 0 aliphatic heterocycles. The molecule has 2 nitrogen and oxygen atoms in total. The van der Waals surface area contributed by atoms with Gasteiger partial charge in [-0.1, -0.05) is 48.5 Å². The van der Waals surface area contributed by atoms with Crippen LogP contribution < -0.4 is 5.73 Å². The van der Waals surface area contributed by atoms with Crippen molar-refractivity contribution in [1.29, 1.82) is 0 Å². The Labute approximate surface area is 129 Å². The normalized spacial score (nSPS) is 11.8. The minimum absolute atomic E-state index is 0.0195. The Kier molecular flexibility index (Phi) is 2.83. The number of nitrogens with two attached hydrogens (primary N) is 1. The van der Waals surface area contributed by atoms with Crippen molar-refractivity contribution in [2.45, 2.75) is 6.42 Å². The molecule has 0 unspecified atom stereocenters. The van der Waals surface area contributed by atoms with Gasteiger partial charge < -0.3 is 5.73 Å². The van der Waals surface area contributed by atoms with Crippen molar-refractivity contribution in [1.82, 2.24) is 0 Å². The zero-order valence-electron chi connectivity index (χ0n) is 12.0. The van der Waals surface area contributed by atoms with Crippen molar-refractivity contribution in [3.8, 4) is 11.1 Å². The second kappa shape index (κ2) is 4.85. The van der Waals surface area contributed by atoms with Crippen LogP contribution in [0.25, 0.3) is 11.1 Å². The van der Waals surface area contributed by atoms with E-state index in [-0.39, 0.29) is 5.78 Å². The zero-order valence-corrected chi connectivity index (χ0v) is 12.0. The number of anilines is 1. The Bertz CT molecular complexity index is 896. The molecular weight excluding hydrogens is 270 g/mol. The van der Waals surface area contributed by atoms with E-state index in [2.05, 4.69) is 30.3 Å². The van der Waals surface area contributed by atoms with E-state index in [0.29, 0.717) is 11.3 Å². The van der Waals surface area contributed by atoms with Crippen LogP contribution in [0, 0.1) is 0 Å². The number of nitrogen functional groups attached to an aromatic ring is 1. The summed E-state index contributed by atoms with van der Waals surface area (Å²) in [5.41, 5.74) is 12.8. The smallest absolute Gasteiger partial charge is 0.193 e. The van der Waals surface area contributed by atoms with Gasteiger partial charge in [0.2, 0.25) is 0 Å². The van der Waals surface area contributed by atoms with Gasteiger partial charge in [0.1, 0.15) is 0 Å². The van der Waals surface area contributed by atoms with Gasteiger partial charge in [0.15, 0.2) is 5.78 Å². The van der Waals surface area contributed by atoms with Crippen LogP contribution in [0.2, 0.25) is 0 Å². The molecule has 0 bridgehead atoms. The summed E-state index contributed by atoms with van der Waals surface area (Å²) in [5, 5.41) is 0. The van der Waals surface area contributed by atoms with Gasteiger partial charge in [-0.2, -0.15) is 0 Å². The number of carbonyl (C=O) groups excluding carboxylic acids is 1. The first-order valence-corrected chi connectivity index (χ1v) is 7.34. The maximum Gasteiger partial charge on any atom is 0.193 e. The van der Waals surface area contributed by atoms with E-state index in [4.69, 9.17) is 5.73 Å². The molecule has 0 atom stereocenters. The molecule has 2 heteroatoms. The molecule has 0 saturated heterocycles. The van der Waals surface area contributed by atoms with E-state index < -0.39 is 0 Å². The van der Waals surface area contributed by atoms with Crippen LogP contribution in [0.15, 0.2) is 66.7 Å². The summed E-state index contributed by atoms with van der Waals surface area (Å²) in [7, 11) is 0.